The highest BCUT2D eigenvalue weighted by atomic mass is 32.1. The van der Waals surface area contributed by atoms with Crippen molar-refractivity contribution in [1.82, 2.24) is 5.43 Å². The minimum Gasteiger partial charge on any atom is -0.375 e. The lowest BCUT2D eigenvalue weighted by Gasteiger charge is -2.21. The first-order valence-corrected chi connectivity index (χ1v) is 5.67. The van der Waals surface area contributed by atoms with Gasteiger partial charge < -0.3 is 5.73 Å². The molecule has 0 aromatic carbocycles. The molecule has 3 nitrogen and oxygen atoms in total. The minimum absolute atomic E-state index is 0.257. The molecule has 2 bridgehead atoms. The molecule has 4 heteroatoms. The molecular weight excluding hydrogens is 194 g/mol. The van der Waals surface area contributed by atoms with Gasteiger partial charge in [0.1, 0.15) is 0 Å². The minimum atomic E-state index is 0.257. The van der Waals surface area contributed by atoms with Crippen LogP contribution < -0.4 is 11.2 Å². The summed E-state index contributed by atoms with van der Waals surface area (Å²) < 4.78 is 0. The van der Waals surface area contributed by atoms with E-state index in [1.165, 1.54) is 31.4 Å². The van der Waals surface area contributed by atoms with Crippen molar-refractivity contribution in [2.75, 3.05) is 0 Å². The highest BCUT2D eigenvalue weighted by Crippen LogP contribution is 2.48. The third kappa shape index (κ3) is 1.90. The maximum absolute atomic E-state index is 5.33. The molecule has 0 radical (unpaired) electrons. The summed E-state index contributed by atoms with van der Waals surface area (Å²) in [6.07, 6.45) is 5.54. The lowest BCUT2D eigenvalue weighted by Crippen LogP contribution is -2.28. The van der Waals surface area contributed by atoms with Gasteiger partial charge in [-0.2, -0.15) is 5.10 Å². The first-order valence-electron chi connectivity index (χ1n) is 5.26. The van der Waals surface area contributed by atoms with Gasteiger partial charge in [0.05, 0.1) is 0 Å². The van der Waals surface area contributed by atoms with Gasteiger partial charge in [-0.25, -0.2) is 0 Å². The standard InChI is InChI=1S/C10H17N3S/c1-6(12-13-10(11)14)9-5-7-2-3-8(9)4-7/h7-9H,2-5H2,1H3,(H3,11,13,14)/b12-6-/t7-,8+,9+/m0/s1. The topological polar surface area (TPSA) is 50.4 Å². The number of fused-ring (bicyclic) bond motifs is 2. The second-order valence-electron chi connectivity index (χ2n) is 4.51. The Hall–Kier alpha value is -0.640. The molecule has 14 heavy (non-hydrogen) atoms. The van der Waals surface area contributed by atoms with Crippen molar-refractivity contribution in [3.8, 4) is 0 Å². The van der Waals surface area contributed by atoms with Gasteiger partial charge in [0.25, 0.3) is 0 Å². The van der Waals surface area contributed by atoms with Crippen molar-refractivity contribution in [1.29, 1.82) is 0 Å². The molecule has 2 rings (SSSR count). The summed E-state index contributed by atoms with van der Waals surface area (Å²) in [5.74, 6) is 2.51. The lowest BCUT2D eigenvalue weighted by atomic mass is 9.86. The molecule has 2 fully saturated rings. The van der Waals surface area contributed by atoms with Crippen molar-refractivity contribution in [2.24, 2.45) is 28.6 Å². The molecule has 0 aromatic rings. The molecule has 2 aliphatic rings. The number of hydrogen-bond acceptors (Lipinski definition) is 2. The molecule has 3 N–H and O–H groups in total. The van der Waals surface area contributed by atoms with Gasteiger partial charge in [-0.05, 0) is 50.2 Å². The molecule has 0 saturated heterocycles. The number of hydrazone groups is 1. The Kier molecular flexibility index (Phi) is 2.72. The van der Waals surface area contributed by atoms with Crippen LogP contribution in [0, 0.1) is 17.8 Å². The van der Waals surface area contributed by atoms with Crippen LogP contribution in [0.1, 0.15) is 32.6 Å². The van der Waals surface area contributed by atoms with E-state index >= 15 is 0 Å². The zero-order chi connectivity index (χ0) is 10.1. The largest absolute Gasteiger partial charge is 0.375 e. The highest BCUT2D eigenvalue weighted by Gasteiger charge is 2.40. The normalized spacial score (nSPS) is 36.1. The highest BCUT2D eigenvalue weighted by molar-refractivity contribution is 7.80. The van der Waals surface area contributed by atoms with E-state index in [1.807, 2.05) is 0 Å². The van der Waals surface area contributed by atoms with E-state index in [0.29, 0.717) is 5.92 Å². The Labute approximate surface area is 90.1 Å². The second kappa shape index (κ2) is 3.85. The van der Waals surface area contributed by atoms with Crippen LogP contribution in [0.15, 0.2) is 5.10 Å². The summed E-state index contributed by atoms with van der Waals surface area (Å²) in [4.78, 5) is 0. The third-order valence-corrected chi connectivity index (χ3v) is 3.71. The SMILES string of the molecule is C/C(=N/NC(N)=S)[C@H]1C[C@H]2CC[C@@H]1C2. The van der Waals surface area contributed by atoms with Crippen LogP contribution >= 0.6 is 12.2 Å². The molecule has 3 atom stereocenters. The van der Waals surface area contributed by atoms with E-state index in [9.17, 15) is 0 Å². The first-order chi connectivity index (χ1) is 6.66. The number of nitrogens with one attached hydrogen (secondary N) is 1. The number of nitrogens with two attached hydrogens (primary N) is 1. The lowest BCUT2D eigenvalue weighted by molar-refractivity contribution is 0.413. The van der Waals surface area contributed by atoms with E-state index in [-0.39, 0.29) is 5.11 Å². The Bertz CT molecular complexity index is 275. The van der Waals surface area contributed by atoms with Gasteiger partial charge in [-0.3, -0.25) is 5.43 Å². The van der Waals surface area contributed by atoms with Gasteiger partial charge in [0.2, 0.25) is 0 Å². The third-order valence-electron chi connectivity index (χ3n) is 3.62. The van der Waals surface area contributed by atoms with E-state index in [0.717, 1.165) is 11.8 Å². The molecule has 78 valence electrons. The first kappa shape index (κ1) is 9.90. The average Bonchev–Trinajstić information content (AvgIpc) is 2.74. The fourth-order valence-corrected chi connectivity index (χ4v) is 3.03. The fourth-order valence-electron chi connectivity index (χ4n) is 2.98. The molecule has 0 aromatic heterocycles. The summed E-state index contributed by atoms with van der Waals surface area (Å²) >= 11 is 4.71. The Balaban J connectivity index is 1.95. The van der Waals surface area contributed by atoms with Crippen LogP contribution in [0.25, 0.3) is 0 Å². The summed E-state index contributed by atoms with van der Waals surface area (Å²) in [5.41, 5.74) is 9.18. The Morgan fingerprint density at radius 2 is 2.21 bits per heavy atom. The fraction of sp³-hybridized carbons (Fsp3) is 0.800. The van der Waals surface area contributed by atoms with Crippen LogP contribution in [-0.4, -0.2) is 10.8 Å². The molecule has 0 heterocycles. The van der Waals surface area contributed by atoms with Gasteiger partial charge in [-0.15, -0.1) is 0 Å². The zero-order valence-corrected chi connectivity index (χ0v) is 9.31. The van der Waals surface area contributed by atoms with Gasteiger partial charge >= 0.3 is 0 Å². The van der Waals surface area contributed by atoms with Gasteiger partial charge in [-0.1, -0.05) is 6.42 Å². The second-order valence-corrected chi connectivity index (χ2v) is 4.95. The van der Waals surface area contributed by atoms with Crippen molar-refractivity contribution in [3.63, 3.8) is 0 Å². The van der Waals surface area contributed by atoms with Crippen molar-refractivity contribution in [3.05, 3.63) is 0 Å². The van der Waals surface area contributed by atoms with Gasteiger partial charge in [0, 0.05) is 11.6 Å². The molecule has 0 spiro atoms. The van der Waals surface area contributed by atoms with E-state index in [4.69, 9.17) is 18.0 Å². The van der Waals surface area contributed by atoms with Gasteiger partial charge in [0.15, 0.2) is 5.11 Å². The van der Waals surface area contributed by atoms with Crippen molar-refractivity contribution >= 4 is 23.0 Å². The number of rotatable bonds is 2. The smallest absolute Gasteiger partial charge is 0.184 e. The molecular formula is C10H17N3S. The summed E-state index contributed by atoms with van der Waals surface area (Å²) in [7, 11) is 0. The Morgan fingerprint density at radius 3 is 2.71 bits per heavy atom. The zero-order valence-electron chi connectivity index (χ0n) is 8.49. The molecule has 2 aliphatic carbocycles. The molecule has 0 unspecified atom stereocenters. The number of hydrogen-bond donors (Lipinski definition) is 2. The van der Waals surface area contributed by atoms with E-state index < -0.39 is 0 Å². The van der Waals surface area contributed by atoms with Crippen LogP contribution in [0.5, 0.6) is 0 Å². The number of thiocarbonyl (C=S) groups is 1. The summed E-state index contributed by atoms with van der Waals surface area (Å²) in [5, 5.41) is 4.48. The number of nitrogens with zero attached hydrogens (tertiary/aromatic N) is 1. The molecule has 0 amide bonds. The molecule has 2 saturated carbocycles. The summed E-state index contributed by atoms with van der Waals surface area (Å²) in [6.45, 7) is 2.08. The van der Waals surface area contributed by atoms with E-state index in [1.54, 1.807) is 0 Å². The van der Waals surface area contributed by atoms with E-state index in [2.05, 4.69) is 17.5 Å². The average molecular weight is 211 g/mol. The van der Waals surface area contributed by atoms with Crippen LogP contribution in [0.3, 0.4) is 0 Å². The Morgan fingerprint density at radius 1 is 1.43 bits per heavy atom. The summed E-state index contributed by atoms with van der Waals surface area (Å²) in [6, 6.07) is 0. The molecule has 0 aliphatic heterocycles. The van der Waals surface area contributed by atoms with Crippen LogP contribution in [0.4, 0.5) is 0 Å². The monoisotopic (exact) mass is 211 g/mol. The predicted molar refractivity (Wildman–Crippen MR) is 62.0 cm³/mol. The van der Waals surface area contributed by atoms with Crippen LogP contribution in [-0.2, 0) is 0 Å². The predicted octanol–water partition coefficient (Wildman–Crippen LogP) is 1.63. The quantitative estimate of drug-likeness (QED) is 0.415. The maximum atomic E-state index is 5.33. The van der Waals surface area contributed by atoms with Crippen LogP contribution in [0.2, 0.25) is 0 Å². The van der Waals surface area contributed by atoms with Crippen molar-refractivity contribution in [2.45, 2.75) is 32.6 Å². The maximum Gasteiger partial charge on any atom is 0.184 e. The van der Waals surface area contributed by atoms with Crippen molar-refractivity contribution < 1.29 is 0 Å².